The number of carbonyl (C=O) groups excluding carboxylic acids is 2. The van der Waals surface area contributed by atoms with E-state index in [1.54, 1.807) is 24.3 Å². The Bertz CT molecular complexity index is 561. The average molecular weight is 324 g/mol. The number of benzene rings is 1. The summed E-state index contributed by atoms with van der Waals surface area (Å²) in [7, 11) is 0. The molecule has 1 aliphatic carbocycles. The Morgan fingerprint density at radius 3 is 2.64 bits per heavy atom. The van der Waals surface area contributed by atoms with Crippen LogP contribution < -0.4 is 16.4 Å². The van der Waals surface area contributed by atoms with E-state index in [0.717, 1.165) is 38.0 Å². The number of halogens is 1. The highest BCUT2D eigenvalue weighted by atomic mass is 35.5. The van der Waals surface area contributed by atoms with Crippen molar-refractivity contribution in [3.05, 3.63) is 29.8 Å². The minimum absolute atomic E-state index is 0. The fourth-order valence-electron chi connectivity index (χ4n) is 3.66. The van der Waals surface area contributed by atoms with Gasteiger partial charge in [-0.1, -0.05) is 12.8 Å². The van der Waals surface area contributed by atoms with Gasteiger partial charge in [0.05, 0.1) is 5.41 Å². The monoisotopic (exact) mass is 323 g/mol. The summed E-state index contributed by atoms with van der Waals surface area (Å²) < 4.78 is 0. The van der Waals surface area contributed by atoms with Gasteiger partial charge in [0.25, 0.3) is 0 Å². The molecule has 0 radical (unpaired) electrons. The van der Waals surface area contributed by atoms with Gasteiger partial charge < -0.3 is 16.4 Å². The molecule has 1 heterocycles. The Balaban J connectivity index is 0.00000176. The first-order valence-electron chi connectivity index (χ1n) is 7.54. The summed E-state index contributed by atoms with van der Waals surface area (Å²) in [6, 6.07) is 6.74. The van der Waals surface area contributed by atoms with Gasteiger partial charge in [0.1, 0.15) is 0 Å². The first-order valence-corrected chi connectivity index (χ1v) is 7.54. The zero-order valence-corrected chi connectivity index (χ0v) is 13.2. The van der Waals surface area contributed by atoms with Crippen LogP contribution in [0.1, 0.15) is 36.0 Å². The standard InChI is InChI=1S/C16H21N3O2.ClH/c17-14(20)11-4-6-13(7-5-11)19-15(21)16-8-2-1-3-12(16)9-18-10-16;/h4-7,12,18H,1-3,8-10H2,(H2,17,20)(H,19,21);1H/t12-,16+;/m0./s1. The lowest BCUT2D eigenvalue weighted by molar-refractivity contribution is -0.128. The van der Waals surface area contributed by atoms with Gasteiger partial charge in [-0.2, -0.15) is 0 Å². The maximum atomic E-state index is 12.7. The van der Waals surface area contributed by atoms with E-state index in [9.17, 15) is 9.59 Å². The first-order chi connectivity index (χ1) is 10.1. The Labute approximate surface area is 136 Å². The second-order valence-electron chi connectivity index (χ2n) is 6.13. The summed E-state index contributed by atoms with van der Waals surface area (Å²) in [6.07, 6.45) is 4.41. The van der Waals surface area contributed by atoms with Gasteiger partial charge in [-0.25, -0.2) is 0 Å². The summed E-state index contributed by atoms with van der Waals surface area (Å²) in [5, 5.41) is 6.38. The summed E-state index contributed by atoms with van der Waals surface area (Å²) in [5.41, 5.74) is 6.12. The van der Waals surface area contributed by atoms with Crippen LogP contribution in [-0.4, -0.2) is 24.9 Å². The molecule has 1 aliphatic heterocycles. The third-order valence-electron chi connectivity index (χ3n) is 4.92. The van der Waals surface area contributed by atoms with Crippen LogP contribution in [0.2, 0.25) is 0 Å². The molecule has 1 saturated heterocycles. The van der Waals surface area contributed by atoms with Crippen molar-refractivity contribution in [1.82, 2.24) is 5.32 Å². The van der Waals surface area contributed by atoms with Crippen LogP contribution >= 0.6 is 12.4 Å². The molecule has 3 rings (SSSR count). The summed E-state index contributed by atoms with van der Waals surface area (Å²) in [6.45, 7) is 1.71. The molecular weight excluding hydrogens is 302 g/mol. The third-order valence-corrected chi connectivity index (χ3v) is 4.92. The van der Waals surface area contributed by atoms with Crippen LogP contribution in [0.25, 0.3) is 0 Å². The molecule has 22 heavy (non-hydrogen) atoms. The molecule has 0 bridgehead atoms. The van der Waals surface area contributed by atoms with Crippen molar-refractivity contribution >= 4 is 29.9 Å². The van der Waals surface area contributed by atoms with Gasteiger partial charge in [0, 0.05) is 17.8 Å². The largest absolute Gasteiger partial charge is 0.366 e. The van der Waals surface area contributed by atoms with Gasteiger partial charge in [-0.05, 0) is 49.6 Å². The summed E-state index contributed by atoms with van der Waals surface area (Å²) in [4.78, 5) is 23.8. The minimum atomic E-state index is -0.459. The molecule has 0 unspecified atom stereocenters. The Hall–Kier alpha value is -1.59. The lowest BCUT2D eigenvalue weighted by Crippen LogP contribution is -2.44. The SMILES string of the molecule is Cl.NC(=O)c1ccc(NC(=O)[C@@]23CCCC[C@H]2CNC3)cc1. The first kappa shape index (κ1) is 16.8. The molecule has 0 aromatic heterocycles. The lowest BCUT2D eigenvalue weighted by Gasteiger charge is -2.37. The maximum Gasteiger partial charge on any atom is 0.248 e. The van der Waals surface area contributed by atoms with E-state index >= 15 is 0 Å². The predicted octanol–water partition coefficient (Wildman–Crippen LogP) is 1.93. The third kappa shape index (κ3) is 2.96. The minimum Gasteiger partial charge on any atom is -0.366 e. The molecule has 5 nitrogen and oxygen atoms in total. The Morgan fingerprint density at radius 1 is 1.23 bits per heavy atom. The molecular formula is C16H22ClN3O2. The molecule has 1 aromatic rings. The van der Waals surface area contributed by atoms with Crippen molar-refractivity contribution in [1.29, 1.82) is 0 Å². The molecule has 4 N–H and O–H groups in total. The highest BCUT2D eigenvalue weighted by Gasteiger charge is 2.49. The van der Waals surface area contributed by atoms with Crippen molar-refractivity contribution in [3.8, 4) is 0 Å². The van der Waals surface area contributed by atoms with Gasteiger partial charge in [0.15, 0.2) is 0 Å². The topological polar surface area (TPSA) is 84.2 Å². The second kappa shape index (κ2) is 6.67. The van der Waals surface area contributed by atoms with Crippen LogP contribution in [0.5, 0.6) is 0 Å². The number of anilines is 1. The number of fused-ring (bicyclic) bond motifs is 1. The van der Waals surface area contributed by atoms with Gasteiger partial charge in [-0.3, -0.25) is 9.59 Å². The van der Waals surface area contributed by atoms with Crippen molar-refractivity contribution in [2.24, 2.45) is 17.1 Å². The molecule has 2 amide bonds. The van der Waals surface area contributed by atoms with Crippen LogP contribution in [-0.2, 0) is 4.79 Å². The van der Waals surface area contributed by atoms with Crippen molar-refractivity contribution in [2.45, 2.75) is 25.7 Å². The average Bonchev–Trinajstić information content (AvgIpc) is 2.93. The highest BCUT2D eigenvalue weighted by molar-refractivity contribution is 5.97. The van der Waals surface area contributed by atoms with E-state index in [-0.39, 0.29) is 23.7 Å². The van der Waals surface area contributed by atoms with Gasteiger partial charge >= 0.3 is 0 Å². The van der Waals surface area contributed by atoms with E-state index in [0.29, 0.717) is 11.5 Å². The number of hydrogen-bond acceptors (Lipinski definition) is 3. The molecule has 6 heteroatoms. The summed E-state index contributed by atoms with van der Waals surface area (Å²) in [5.74, 6) is 0.0824. The normalized spacial score (nSPS) is 26.6. The van der Waals surface area contributed by atoms with Crippen molar-refractivity contribution < 1.29 is 9.59 Å². The zero-order valence-electron chi connectivity index (χ0n) is 12.4. The number of hydrogen-bond donors (Lipinski definition) is 3. The van der Waals surface area contributed by atoms with E-state index in [1.807, 2.05) is 0 Å². The van der Waals surface area contributed by atoms with Crippen LogP contribution in [0.15, 0.2) is 24.3 Å². The molecule has 1 aromatic carbocycles. The van der Waals surface area contributed by atoms with E-state index < -0.39 is 5.91 Å². The number of amides is 2. The quantitative estimate of drug-likeness (QED) is 0.794. The van der Waals surface area contributed by atoms with Crippen LogP contribution in [0.3, 0.4) is 0 Å². The van der Waals surface area contributed by atoms with Crippen LogP contribution in [0, 0.1) is 11.3 Å². The number of nitrogens with two attached hydrogens (primary N) is 1. The molecule has 2 atom stereocenters. The van der Waals surface area contributed by atoms with E-state index in [4.69, 9.17) is 5.73 Å². The Morgan fingerprint density at radius 2 is 1.95 bits per heavy atom. The fourth-order valence-corrected chi connectivity index (χ4v) is 3.66. The van der Waals surface area contributed by atoms with Crippen molar-refractivity contribution in [2.75, 3.05) is 18.4 Å². The van der Waals surface area contributed by atoms with E-state index in [2.05, 4.69) is 10.6 Å². The number of rotatable bonds is 3. The molecule has 2 fully saturated rings. The zero-order chi connectivity index (χ0) is 14.9. The molecule has 0 spiro atoms. The molecule has 120 valence electrons. The number of primary amides is 1. The maximum absolute atomic E-state index is 12.7. The lowest BCUT2D eigenvalue weighted by atomic mass is 9.67. The number of carbonyl (C=O) groups is 2. The highest BCUT2D eigenvalue weighted by Crippen LogP contribution is 2.44. The van der Waals surface area contributed by atoms with Gasteiger partial charge in [-0.15, -0.1) is 12.4 Å². The summed E-state index contributed by atoms with van der Waals surface area (Å²) >= 11 is 0. The number of nitrogens with one attached hydrogen (secondary N) is 2. The molecule has 1 saturated carbocycles. The fraction of sp³-hybridized carbons (Fsp3) is 0.500. The van der Waals surface area contributed by atoms with Crippen molar-refractivity contribution in [3.63, 3.8) is 0 Å². The Kier molecular flexibility index (Phi) is 5.08. The molecule has 2 aliphatic rings. The van der Waals surface area contributed by atoms with E-state index in [1.165, 1.54) is 6.42 Å². The van der Waals surface area contributed by atoms with Crippen LogP contribution in [0.4, 0.5) is 5.69 Å². The van der Waals surface area contributed by atoms with Gasteiger partial charge in [0.2, 0.25) is 11.8 Å². The smallest absolute Gasteiger partial charge is 0.248 e. The second-order valence-corrected chi connectivity index (χ2v) is 6.13. The predicted molar refractivity (Wildman–Crippen MR) is 88.1 cm³/mol.